The van der Waals surface area contributed by atoms with E-state index in [1.165, 1.54) is 18.4 Å². The van der Waals surface area contributed by atoms with E-state index in [0.29, 0.717) is 0 Å². The molecule has 0 saturated heterocycles. The summed E-state index contributed by atoms with van der Waals surface area (Å²) in [5, 5.41) is 8.54. The predicted molar refractivity (Wildman–Crippen MR) is 74.1 cm³/mol. The van der Waals surface area contributed by atoms with Crippen LogP contribution in [0.1, 0.15) is 44.9 Å². The third-order valence-corrected chi connectivity index (χ3v) is 3.87. The number of carboxylic acid groups (broad SMARTS) is 1. The molecule has 1 fully saturated rings. The molecule has 0 aromatic heterocycles. The maximum atomic E-state index is 12.1. The Bertz CT molecular complexity index is 364. The minimum absolute atomic E-state index is 0.0193. The Hall–Kier alpha value is -1.59. The van der Waals surface area contributed by atoms with E-state index in [1.807, 2.05) is 0 Å². The molecule has 0 unspecified atom stereocenters. The molecule has 1 aliphatic carbocycles. The molecule has 114 valence electrons. The number of carbonyl (C=O) groups is 3. The summed E-state index contributed by atoms with van der Waals surface area (Å²) in [5.41, 5.74) is 0. The van der Waals surface area contributed by atoms with Crippen LogP contribution in [0.2, 0.25) is 0 Å². The van der Waals surface area contributed by atoms with Crippen LogP contribution in [0.5, 0.6) is 0 Å². The molecule has 0 bridgehead atoms. The van der Waals surface area contributed by atoms with Crippen molar-refractivity contribution in [2.24, 2.45) is 0 Å². The lowest BCUT2D eigenvalue weighted by molar-refractivity contribution is -0.142. The summed E-state index contributed by atoms with van der Waals surface area (Å²) in [6.07, 6.45) is 5.32. The van der Waals surface area contributed by atoms with Crippen LogP contribution in [0.4, 0.5) is 0 Å². The number of aliphatic carboxylic acids is 1. The molecule has 1 rings (SSSR count). The standard InChI is InChI=1S/C14H24N2O4/c1-15(12(17)8-9-14(19)20)10-13(18)16(2)11-6-4-3-5-7-11/h11H,3-10H2,1-2H3,(H,19,20). The first-order valence-electron chi connectivity index (χ1n) is 7.13. The zero-order valence-corrected chi connectivity index (χ0v) is 12.3. The summed E-state index contributed by atoms with van der Waals surface area (Å²) < 4.78 is 0. The Morgan fingerprint density at radius 2 is 1.60 bits per heavy atom. The van der Waals surface area contributed by atoms with Crippen LogP contribution < -0.4 is 0 Å². The highest BCUT2D eigenvalue weighted by Crippen LogP contribution is 2.21. The topological polar surface area (TPSA) is 77.9 Å². The molecule has 1 aliphatic rings. The van der Waals surface area contributed by atoms with Gasteiger partial charge in [-0.05, 0) is 12.8 Å². The maximum Gasteiger partial charge on any atom is 0.303 e. The fourth-order valence-electron chi connectivity index (χ4n) is 2.48. The second kappa shape index (κ2) is 7.87. The van der Waals surface area contributed by atoms with Gasteiger partial charge in [0.05, 0.1) is 13.0 Å². The van der Waals surface area contributed by atoms with Crippen molar-refractivity contribution in [1.29, 1.82) is 0 Å². The maximum absolute atomic E-state index is 12.1. The molecule has 0 aromatic rings. The summed E-state index contributed by atoms with van der Waals surface area (Å²) in [6.45, 7) is 0.0193. The minimum Gasteiger partial charge on any atom is -0.481 e. The van der Waals surface area contributed by atoms with Gasteiger partial charge in [0.2, 0.25) is 11.8 Å². The predicted octanol–water partition coefficient (Wildman–Crippen LogP) is 1.10. The average molecular weight is 284 g/mol. The molecular formula is C14H24N2O4. The smallest absolute Gasteiger partial charge is 0.303 e. The molecule has 0 aromatic carbocycles. The number of rotatable bonds is 6. The quantitative estimate of drug-likeness (QED) is 0.792. The van der Waals surface area contributed by atoms with Crippen LogP contribution >= 0.6 is 0 Å². The number of hydrogen-bond donors (Lipinski definition) is 1. The van der Waals surface area contributed by atoms with Crippen molar-refractivity contribution in [3.8, 4) is 0 Å². The van der Waals surface area contributed by atoms with E-state index < -0.39 is 5.97 Å². The van der Waals surface area contributed by atoms with Crippen LogP contribution in [-0.4, -0.2) is 59.4 Å². The second-order valence-corrected chi connectivity index (χ2v) is 5.44. The molecule has 6 heteroatoms. The van der Waals surface area contributed by atoms with Crippen molar-refractivity contribution in [2.75, 3.05) is 20.6 Å². The Morgan fingerprint density at radius 3 is 2.15 bits per heavy atom. The summed E-state index contributed by atoms with van der Waals surface area (Å²) >= 11 is 0. The first-order chi connectivity index (χ1) is 9.41. The highest BCUT2D eigenvalue weighted by Gasteiger charge is 2.23. The Labute approximate surface area is 119 Å². The van der Waals surface area contributed by atoms with E-state index in [2.05, 4.69) is 0 Å². The van der Waals surface area contributed by atoms with E-state index in [0.717, 1.165) is 25.7 Å². The molecule has 0 spiro atoms. The van der Waals surface area contributed by atoms with Crippen molar-refractivity contribution in [1.82, 2.24) is 9.80 Å². The Kier molecular flexibility index (Phi) is 6.48. The third kappa shape index (κ3) is 5.19. The summed E-state index contributed by atoms with van der Waals surface area (Å²) in [5.74, 6) is -1.39. The first kappa shape index (κ1) is 16.5. The number of nitrogens with zero attached hydrogens (tertiary/aromatic N) is 2. The van der Waals surface area contributed by atoms with Gasteiger partial charge in [-0.25, -0.2) is 0 Å². The fourth-order valence-corrected chi connectivity index (χ4v) is 2.48. The van der Waals surface area contributed by atoms with Gasteiger partial charge in [0.15, 0.2) is 0 Å². The van der Waals surface area contributed by atoms with Gasteiger partial charge < -0.3 is 14.9 Å². The van der Waals surface area contributed by atoms with Crippen LogP contribution in [0.15, 0.2) is 0 Å². The Balaban J connectivity index is 2.39. The zero-order valence-electron chi connectivity index (χ0n) is 12.3. The number of likely N-dealkylation sites (N-methyl/N-ethyl adjacent to an activating group) is 2. The SMILES string of the molecule is CN(CC(=O)N(C)C1CCCCC1)C(=O)CCC(=O)O. The van der Waals surface area contributed by atoms with Crippen LogP contribution in [0, 0.1) is 0 Å². The van der Waals surface area contributed by atoms with Crippen molar-refractivity contribution >= 4 is 17.8 Å². The summed E-state index contributed by atoms with van der Waals surface area (Å²) in [4.78, 5) is 37.2. The molecule has 0 heterocycles. The summed E-state index contributed by atoms with van der Waals surface area (Å²) in [6, 6.07) is 0.277. The number of hydrogen-bond acceptors (Lipinski definition) is 3. The van der Waals surface area contributed by atoms with E-state index >= 15 is 0 Å². The molecule has 1 N–H and O–H groups in total. The fraction of sp³-hybridized carbons (Fsp3) is 0.786. The van der Waals surface area contributed by atoms with Crippen LogP contribution in [0.3, 0.4) is 0 Å². The lowest BCUT2D eigenvalue weighted by atomic mass is 9.94. The average Bonchev–Trinajstić information content (AvgIpc) is 2.44. The van der Waals surface area contributed by atoms with E-state index in [4.69, 9.17) is 5.11 Å². The molecular weight excluding hydrogens is 260 g/mol. The van der Waals surface area contributed by atoms with Crippen molar-refractivity contribution in [3.05, 3.63) is 0 Å². The second-order valence-electron chi connectivity index (χ2n) is 5.44. The Morgan fingerprint density at radius 1 is 1.00 bits per heavy atom. The molecule has 0 radical (unpaired) electrons. The van der Waals surface area contributed by atoms with Gasteiger partial charge in [-0.1, -0.05) is 19.3 Å². The number of carbonyl (C=O) groups excluding carboxylic acids is 2. The number of amides is 2. The first-order valence-corrected chi connectivity index (χ1v) is 7.13. The summed E-state index contributed by atoms with van der Waals surface area (Å²) in [7, 11) is 3.32. The van der Waals surface area contributed by atoms with Crippen molar-refractivity contribution in [3.63, 3.8) is 0 Å². The van der Waals surface area contributed by atoms with E-state index in [-0.39, 0.29) is 37.2 Å². The van der Waals surface area contributed by atoms with Gasteiger partial charge in [0, 0.05) is 26.6 Å². The molecule has 1 saturated carbocycles. The van der Waals surface area contributed by atoms with Crippen molar-refractivity contribution < 1.29 is 19.5 Å². The molecule has 20 heavy (non-hydrogen) atoms. The van der Waals surface area contributed by atoms with Crippen LogP contribution in [0.25, 0.3) is 0 Å². The minimum atomic E-state index is -1.00. The van der Waals surface area contributed by atoms with Crippen molar-refractivity contribution in [2.45, 2.75) is 51.0 Å². The lowest BCUT2D eigenvalue weighted by Gasteiger charge is -2.32. The molecule has 0 aliphatic heterocycles. The third-order valence-electron chi connectivity index (χ3n) is 3.87. The normalized spacial score (nSPS) is 15.7. The molecule has 2 amide bonds. The van der Waals surface area contributed by atoms with Gasteiger partial charge in [0.25, 0.3) is 0 Å². The van der Waals surface area contributed by atoms with Crippen LogP contribution in [-0.2, 0) is 14.4 Å². The largest absolute Gasteiger partial charge is 0.481 e. The van der Waals surface area contributed by atoms with Gasteiger partial charge in [0.1, 0.15) is 0 Å². The molecule has 0 atom stereocenters. The number of carboxylic acids is 1. The lowest BCUT2D eigenvalue weighted by Crippen LogP contribution is -2.44. The van der Waals surface area contributed by atoms with E-state index in [1.54, 1.807) is 11.9 Å². The van der Waals surface area contributed by atoms with Gasteiger partial charge in [-0.2, -0.15) is 0 Å². The van der Waals surface area contributed by atoms with E-state index in [9.17, 15) is 14.4 Å². The van der Waals surface area contributed by atoms with Gasteiger partial charge in [-0.15, -0.1) is 0 Å². The van der Waals surface area contributed by atoms with Gasteiger partial charge >= 0.3 is 5.97 Å². The highest BCUT2D eigenvalue weighted by atomic mass is 16.4. The monoisotopic (exact) mass is 284 g/mol. The highest BCUT2D eigenvalue weighted by molar-refractivity contribution is 5.86. The van der Waals surface area contributed by atoms with Gasteiger partial charge in [-0.3, -0.25) is 14.4 Å². The zero-order chi connectivity index (χ0) is 15.1. The molecule has 6 nitrogen and oxygen atoms in total.